The van der Waals surface area contributed by atoms with Crippen molar-refractivity contribution in [3.8, 4) is 0 Å². The van der Waals surface area contributed by atoms with E-state index < -0.39 is 0 Å². The number of aryl methyl sites for hydroxylation is 1. The van der Waals surface area contributed by atoms with Gasteiger partial charge in [-0.15, -0.1) is 0 Å². The van der Waals surface area contributed by atoms with E-state index in [9.17, 15) is 0 Å². The quantitative estimate of drug-likeness (QED) is 0.602. The van der Waals surface area contributed by atoms with Crippen LogP contribution in [0.15, 0.2) is 30.6 Å². The number of halogens is 1. The second kappa shape index (κ2) is 2.76. The van der Waals surface area contributed by atoms with Gasteiger partial charge in [0, 0.05) is 22.8 Å². The number of fused-ring (bicyclic) bond motifs is 1. The highest BCUT2D eigenvalue weighted by atomic mass is 35.5. The minimum absolute atomic E-state index is 0.759. The molecule has 2 aromatic rings. The molecule has 2 rings (SSSR count). The van der Waals surface area contributed by atoms with Gasteiger partial charge in [-0.1, -0.05) is 17.7 Å². The van der Waals surface area contributed by atoms with E-state index in [0.717, 1.165) is 10.4 Å². The third-order valence-electron chi connectivity index (χ3n) is 1.92. The summed E-state index contributed by atoms with van der Waals surface area (Å²) in [6, 6.07) is 5.85. The van der Waals surface area contributed by atoms with Gasteiger partial charge in [-0.2, -0.15) is 0 Å². The Hall–Kier alpha value is -1.08. The Morgan fingerprint density at radius 1 is 1.25 bits per heavy atom. The van der Waals surface area contributed by atoms with Crippen molar-refractivity contribution < 1.29 is 0 Å². The molecule has 1 aromatic heterocycles. The van der Waals surface area contributed by atoms with Crippen molar-refractivity contribution in [2.45, 2.75) is 6.92 Å². The Kier molecular flexibility index (Phi) is 1.74. The van der Waals surface area contributed by atoms with Crippen molar-refractivity contribution in [2.75, 3.05) is 0 Å². The molecule has 0 amide bonds. The van der Waals surface area contributed by atoms with Gasteiger partial charge in [0.1, 0.15) is 0 Å². The number of hydrogen-bond donors (Lipinski definition) is 0. The van der Waals surface area contributed by atoms with E-state index in [1.54, 1.807) is 0 Å². The number of hydrogen-bond acceptors (Lipinski definition) is 1. The van der Waals surface area contributed by atoms with Crippen molar-refractivity contribution in [1.82, 2.24) is 4.98 Å². The Bertz CT molecular complexity index is 423. The molecule has 0 saturated carbocycles. The fraction of sp³-hybridized carbons (Fsp3) is 0.100. The van der Waals surface area contributed by atoms with E-state index in [1.807, 2.05) is 37.5 Å². The average Bonchev–Trinajstić information content (AvgIpc) is 2.04. The smallest absolute Gasteiger partial charge is 0.0412 e. The largest absolute Gasteiger partial charge is 0.264 e. The zero-order valence-electron chi connectivity index (χ0n) is 6.71. The van der Waals surface area contributed by atoms with Gasteiger partial charge in [0.15, 0.2) is 0 Å². The Balaban J connectivity index is 2.86. The standard InChI is InChI=1S/C10H8ClN/c1-7-5-12-6-8-4-9(11)2-3-10(7)8/h2-6H,1H3. The highest BCUT2D eigenvalue weighted by Gasteiger charge is 1.96. The molecule has 60 valence electrons. The van der Waals surface area contributed by atoms with Crippen LogP contribution in [0.2, 0.25) is 5.02 Å². The summed E-state index contributed by atoms with van der Waals surface area (Å²) in [4.78, 5) is 4.09. The summed E-state index contributed by atoms with van der Waals surface area (Å²) in [5, 5.41) is 3.08. The maximum Gasteiger partial charge on any atom is 0.0412 e. The summed E-state index contributed by atoms with van der Waals surface area (Å²) in [7, 11) is 0. The maximum atomic E-state index is 5.84. The molecule has 1 nitrogen and oxygen atoms in total. The van der Waals surface area contributed by atoms with Gasteiger partial charge in [0.05, 0.1) is 0 Å². The zero-order valence-corrected chi connectivity index (χ0v) is 7.47. The Labute approximate surface area is 76.0 Å². The first-order chi connectivity index (χ1) is 5.77. The number of pyridine rings is 1. The molecular weight excluding hydrogens is 170 g/mol. The molecule has 0 unspecified atom stereocenters. The van der Waals surface area contributed by atoms with E-state index >= 15 is 0 Å². The number of benzene rings is 1. The predicted molar refractivity (Wildman–Crippen MR) is 51.5 cm³/mol. The van der Waals surface area contributed by atoms with Gasteiger partial charge in [-0.3, -0.25) is 4.98 Å². The van der Waals surface area contributed by atoms with Crippen LogP contribution in [-0.2, 0) is 0 Å². The van der Waals surface area contributed by atoms with Crippen LogP contribution in [0.4, 0.5) is 0 Å². The van der Waals surface area contributed by atoms with E-state index in [1.165, 1.54) is 10.9 Å². The second-order valence-electron chi connectivity index (χ2n) is 2.82. The van der Waals surface area contributed by atoms with E-state index in [0.29, 0.717) is 0 Å². The average molecular weight is 178 g/mol. The van der Waals surface area contributed by atoms with Crippen LogP contribution in [0.5, 0.6) is 0 Å². The van der Waals surface area contributed by atoms with E-state index in [4.69, 9.17) is 11.6 Å². The van der Waals surface area contributed by atoms with Gasteiger partial charge < -0.3 is 0 Å². The molecule has 12 heavy (non-hydrogen) atoms. The lowest BCUT2D eigenvalue weighted by Crippen LogP contribution is -1.80. The molecular formula is C10H8ClN. The monoisotopic (exact) mass is 177 g/mol. The fourth-order valence-corrected chi connectivity index (χ4v) is 1.48. The van der Waals surface area contributed by atoms with Gasteiger partial charge >= 0.3 is 0 Å². The molecule has 2 heteroatoms. The fourth-order valence-electron chi connectivity index (χ4n) is 1.30. The topological polar surface area (TPSA) is 12.9 Å². The SMILES string of the molecule is Cc1cncc2cc(Cl)ccc12. The minimum atomic E-state index is 0.759. The van der Waals surface area contributed by atoms with Crippen LogP contribution >= 0.6 is 11.6 Å². The molecule has 1 heterocycles. The lowest BCUT2D eigenvalue weighted by Gasteiger charge is -2.00. The highest BCUT2D eigenvalue weighted by Crippen LogP contribution is 2.20. The third-order valence-corrected chi connectivity index (χ3v) is 2.16. The van der Waals surface area contributed by atoms with Gasteiger partial charge in [0.25, 0.3) is 0 Å². The first kappa shape index (κ1) is 7.56. The lowest BCUT2D eigenvalue weighted by atomic mass is 10.1. The second-order valence-corrected chi connectivity index (χ2v) is 3.26. The minimum Gasteiger partial charge on any atom is -0.264 e. The van der Waals surface area contributed by atoms with Crippen LogP contribution in [0, 0.1) is 6.92 Å². The van der Waals surface area contributed by atoms with Crippen LogP contribution in [0.25, 0.3) is 10.8 Å². The van der Waals surface area contributed by atoms with Crippen molar-refractivity contribution in [2.24, 2.45) is 0 Å². The molecule has 0 bridgehead atoms. The Morgan fingerprint density at radius 3 is 2.92 bits per heavy atom. The van der Waals surface area contributed by atoms with Crippen molar-refractivity contribution >= 4 is 22.4 Å². The van der Waals surface area contributed by atoms with Crippen molar-refractivity contribution in [3.05, 3.63) is 41.2 Å². The number of nitrogens with zero attached hydrogens (tertiary/aromatic N) is 1. The van der Waals surface area contributed by atoms with Crippen LogP contribution < -0.4 is 0 Å². The summed E-state index contributed by atoms with van der Waals surface area (Å²) in [6.45, 7) is 2.04. The highest BCUT2D eigenvalue weighted by molar-refractivity contribution is 6.31. The van der Waals surface area contributed by atoms with E-state index in [-0.39, 0.29) is 0 Å². The summed E-state index contributed by atoms with van der Waals surface area (Å²) < 4.78 is 0. The number of aromatic nitrogens is 1. The lowest BCUT2D eigenvalue weighted by molar-refractivity contribution is 1.31. The molecule has 0 saturated heterocycles. The van der Waals surface area contributed by atoms with Gasteiger partial charge in [-0.05, 0) is 30.0 Å². The van der Waals surface area contributed by atoms with Crippen LogP contribution in [0.1, 0.15) is 5.56 Å². The Morgan fingerprint density at radius 2 is 2.08 bits per heavy atom. The molecule has 0 aliphatic carbocycles. The normalized spacial score (nSPS) is 10.5. The molecule has 0 aliphatic rings. The van der Waals surface area contributed by atoms with Gasteiger partial charge in [-0.25, -0.2) is 0 Å². The van der Waals surface area contributed by atoms with Crippen molar-refractivity contribution in [1.29, 1.82) is 0 Å². The molecule has 0 fully saturated rings. The molecule has 0 N–H and O–H groups in total. The van der Waals surface area contributed by atoms with Crippen LogP contribution in [-0.4, -0.2) is 4.98 Å². The molecule has 0 aliphatic heterocycles. The van der Waals surface area contributed by atoms with Crippen LogP contribution in [0.3, 0.4) is 0 Å². The first-order valence-electron chi connectivity index (χ1n) is 3.77. The molecule has 1 aromatic carbocycles. The summed E-state index contributed by atoms with van der Waals surface area (Å²) >= 11 is 5.84. The summed E-state index contributed by atoms with van der Waals surface area (Å²) in [5.41, 5.74) is 1.18. The number of rotatable bonds is 0. The molecule has 0 atom stereocenters. The summed E-state index contributed by atoms with van der Waals surface area (Å²) in [6.07, 6.45) is 3.68. The third kappa shape index (κ3) is 1.16. The van der Waals surface area contributed by atoms with E-state index in [2.05, 4.69) is 4.98 Å². The van der Waals surface area contributed by atoms with Crippen molar-refractivity contribution in [3.63, 3.8) is 0 Å². The molecule has 0 radical (unpaired) electrons. The van der Waals surface area contributed by atoms with Gasteiger partial charge in [0.2, 0.25) is 0 Å². The first-order valence-corrected chi connectivity index (χ1v) is 4.15. The molecule has 0 spiro atoms. The summed E-state index contributed by atoms with van der Waals surface area (Å²) in [5.74, 6) is 0. The maximum absolute atomic E-state index is 5.84. The zero-order chi connectivity index (χ0) is 8.55. The predicted octanol–water partition coefficient (Wildman–Crippen LogP) is 3.20.